The number of carboxylic acid groups (broad SMARTS) is 1. The van der Waals surface area contributed by atoms with E-state index in [1.165, 1.54) is 4.57 Å². The van der Waals surface area contributed by atoms with Crippen LogP contribution in [0.15, 0.2) is 35.1 Å². The zero-order chi connectivity index (χ0) is 15.7. The summed E-state index contributed by atoms with van der Waals surface area (Å²) in [6.07, 6.45) is 0.797. The van der Waals surface area contributed by atoms with Crippen molar-refractivity contribution in [2.45, 2.75) is 25.4 Å². The number of anilines is 1. The molecule has 0 aliphatic carbocycles. The lowest BCUT2D eigenvalue weighted by molar-refractivity contribution is -0.140. The molecule has 0 radical (unpaired) electrons. The number of nitrogens with zero attached hydrogens (tertiary/aromatic N) is 2. The minimum Gasteiger partial charge on any atom is -0.480 e. The van der Waals surface area contributed by atoms with Crippen molar-refractivity contribution in [1.29, 1.82) is 0 Å². The van der Waals surface area contributed by atoms with Crippen LogP contribution in [0.3, 0.4) is 0 Å². The summed E-state index contributed by atoms with van der Waals surface area (Å²) < 4.78 is 1.24. The Morgan fingerprint density at radius 3 is 2.82 bits per heavy atom. The maximum atomic E-state index is 12.5. The molecule has 1 aromatic carbocycles. The number of carboxylic acids is 1. The number of rotatable bonds is 4. The molecular formula is C15H14ClN3O3. The molecule has 22 heavy (non-hydrogen) atoms. The van der Waals surface area contributed by atoms with Crippen molar-refractivity contribution in [3.63, 3.8) is 0 Å². The minimum atomic E-state index is -1.03. The topological polar surface area (TPSA) is 84.2 Å². The highest BCUT2D eigenvalue weighted by Crippen LogP contribution is 2.28. The predicted octanol–water partition coefficient (Wildman–Crippen LogP) is 2.08. The molecule has 2 heterocycles. The van der Waals surface area contributed by atoms with Gasteiger partial charge in [-0.15, -0.1) is 0 Å². The summed E-state index contributed by atoms with van der Waals surface area (Å²) in [4.78, 5) is 27.8. The van der Waals surface area contributed by atoms with Gasteiger partial charge in [-0.1, -0.05) is 41.9 Å². The second-order valence-electron chi connectivity index (χ2n) is 5.10. The highest BCUT2D eigenvalue weighted by molar-refractivity contribution is 6.30. The zero-order valence-electron chi connectivity index (χ0n) is 11.6. The second-order valence-corrected chi connectivity index (χ2v) is 5.46. The van der Waals surface area contributed by atoms with Crippen LogP contribution in [0.25, 0.3) is 0 Å². The standard InChI is InChI=1S/C15H14ClN3O3/c16-12-10-6-7-11(15(21)22)19(10)14(20)13(18-12)17-8-9-4-2-1-3-5-9/h1-5,11H,6-8H2,(H,17,18)(H,21,22)/t11-/m0/s1. The highest BCUT2D eigenvalue weighted by atomic mass is 35.5. The maximum absolute atomic E-state index is 12.5. The van der Waals surface area contributed by atoms with Gasteiger partial charge >= 0.3 is 5.97 Å². The molecule has 1 aromatic heterocycles. The number of aromatic nitrogens is 2. The summed E-state index contributed by atoms with van der Waals surface area (Å²) in [7, 11) is 0. The van der Waals surface area contributed by atoms with Gasteiger partial charge in [-0.05, 0) is 18.4 Å². The van der Waals surface area contributed by atoms with Gasteiger partial charge < -0.3 is 10.4 Å². The molecule has 1 atom stereocenters. The molecule has 0 bridgehead atoms. The SMILES string of the molecule is O=C(O)[C@@H]1CCc2c(Cl)nc(NCc3ccccc3)c(=O)n21. The van der Waals surface area contributed by atoms with Gasteiger partial charge in [-0.25, -0.2) is 9.78 Å². The average molecular weight is 320 g/mol. The Labute approximate surface area is 131 Å². The van der Waals surface area contributed by atoms with Crippen LogP contribution in [0.1, 0.15) is 23.7 Å². The number of halogens is 1. The molecule has 7 heteroatoms. The molecule has 0 unspecified atom stereocenters. The monoisotopic (exact) mass is 319 g/mol. The smallest absolute Gasteiger partial charge is 0.326 e. The van der Waals surface area contributed by atoms with Gasteiger partial charge in [-0.3, -0.25) is 9.36 Å². The van der Waals surface area contributed by atoms with Crippen LogP contribution < -0.4 is 10.9 Å². The molecule has 0 fully saturated rings. The second kappa shape index (κ2) is 5.81. The Bertz CT molecular complexity index is 774. The number of hydrogen-bond donors (Lipinski definition) is 2. The lowest BCUT2D eigenvalue weighted by Crippen LogP contribution is -2.30. The fourth-order valence-corrected chi connectivity index (χ4v) is 2.90. The maximum Gasteiger partial charge on any atom is 0.326 e. The molecular weight excluding hydrogens is 306 g/mol. The Balaban J connectivity index is 1.93. The van der Waals surface area contributed by atoms with Crippen LogP contribution in [-0.2, 0) is 17.8 Å². The fourth-order valence-electron chi connectivity index (χ4n) is 2.63. The Hall–Kier alpha value is -2.34. The normalized spacial score (nSPS) is 16.3. The number of aliphatic carboxylic acids is 1. The lowest BCUT2D eigenvalue weighted by atomic mass is 10.2. The minimum absolute atomic E-state index is 0.0748. The predicted molar refractivity (Wildman–Crippen MR) is 82.3 cm³/mol. The van der Waals surface area contributed by atoms with Gasteiger partial charge in [0.05, 0.1) is 5.69 Å². The summed E-state index contributed by atoms with van der Waals surface area (Å²) in [5, 5.41) is 12.3. The highest BCUT2D eigenvalue weighted by Gasteiger charge is 2.32. The fraction of sp³-hybridized carbons (Fsp3) is 0.267. The van der Waals surface area contributed by atoms with E-state index in [2.05, 4.69) is 10.3 Å². The van der Waals surface area contributed by atoms with Gasteiger partial charge in [0, 0.05) is 6.54 Å². The van der Waals surface area contributed by atoms with E-state index >= 15 is 0 Å². The van der Waals surface area contributed by atoms with Crippen LogP contribution in [0, 0.1) is 0 Å². The van der Waals surface area contributed by atoms with Crippen molar-refractivity contribution < 1.29 is 9.90 Å². The number of benzene rings is 1. The van der Waals surface area contributed by atoms with Crippen LogP contribution in [0.5, 0.6) is 0 Å². The van der Waals surface area contributed by atoms with Crippen LogP contribution in [0.4, 0.5) is 5.82 Å². The van der Waals surface area contributed by atoms with Crippen molar-refractivity contribution in [2.24, 2.45) is 0 Å². The van der Waals surface area contributed by atoms with E-state index in [-0.39, 0.29) is 11.0 Å². The molecule has 0 saturated carbocycles. The first-order valence-electron chi connectivity index (χ1n) is 6.89. The van der Waals surface area contributed by atoms with Crippen LogP contribution in [0.2, 0.25) is 5.15 Å². The van der Waals surface area contributed by atoms with Crippen LogP contribution in [-0.4, -0.2) is 20.6 Å². The first-order chi connectivity index (χ1) is 10.6. The lowest BCUT2D eigenvalue weighted by Gasteiger charge is -2.13. The Morgan fingerprint density at radius 1 is 1.41 bits per heavy atom. The largest absolute Gasteiger partial charge is 0.480 e. The summed E-state index contributed by atoms with van der Waals surface area (Å²) in [6.45, 7) is 0.413. The van der Waals surface area contributed by atoms with Gasteiger partial charge in [0.15, 0.2) is 11.0 Å². The van der Waals surface area contributed by atoms with E-state index in [0.717, 1.165) is 5.56 Å². The van der Waals surface area contributed by atoms with Crippen LogP contribution >= 0.6 is 11.6 Å². The first kappa shape index (κ1) is 14.6. The quantitative estimate of drug-likeness (QED) is 0.901. The zero-order valence-corrected chi connectivity index (χ0v) is 12.4. The molecule has 3 rings (SSSR count). The molecule has 6 nitrogen and oxygen atoms in total. The van der Waals surface area contributed by atoms with E-state index in [1.54, 1.807) is 0 Å². The van der Waals surface area contributed by atoms with Gasteiger partial charge in [0.25, 0.3) is 5.56 Å². The van der Waals surface area contributed by atoms with Crippen molar-refractivity contribution in [3.8, 4) is 0 Å². The molecule has 0 amide bonds. The summed E-state index contributed by atoms with van der Waals surface area (Å²) >= 11 is 6.09. The van der Waals surface area contributed by atoms with E-state index in [0.29, 0.717) is 25.1 Å². The molecule has 1 aliphatic rings. The van der Waals surface area contributed by atoms with E-state index in [4.69, 9.17) is 11.6 Å². The van der Waals surface area contributed by atoms with Crippen molar-refractivity contribution in [2.75, 3.05) is 5.32 Å². The molecule has 0 spiro atoms. The van der Waals surface area contributed by atoms with E-state index < -0.39 is 17.6 Å². The van der Waals surface area contributed by atoms with Gasteiger partial charge in [-0.2, -0.15) is 0 Å². The average Bonchev–Trinajstić information content (AvgIpc) is 2.96. The van der Waals surface area contributed by atoms with Crippen molar-refractivity contribution >= 4 is 23.4 Å². The molecule has 1 aliphatic heterocycles. The third-order valence-corrected chi connectivity index (χ3v) is 4.02. The Kier molecular flexibility index (Phi) is 3.85. The molecule has 114 valence electrons. The number of fused-ring (bicyclic) bond motifs is 1. The number of hydrogen-bond acceptors (Lipinski definition) is 4. The molecule has 2 aromatic rings. The van der Waals surface area contributed by atoms with Gasteiger partial charge in [0.2, 0.25) is 0 Å². The number of carbonyl (C=O) groups is 1. The van der Waals surface area contributed by atoms with Crippen molar-refractivity contribution in [3.05, 3.63) is 57.1 Å². The summed E-state index contributed by atoms with van der Waals surface area (Å²) in [5.74, 6) is -0.956. The molecule has 0 saturated heterocycles. The third kappa shape index (κ3) is 2.57. The number of nitrogens with one attached hydrogen (secondary N) is 1. The third-order valence-electron chi connectivity index (χ3n) is 3.71. The summed E-state index contributed by atoms with van der Waals surface area (Å²) in [5.41, 5.74) is 1.03. The Morgan fingerprint density at radius 2 is 2.14 bits per heavy atom. The van der Waals surface area contributed by atoms with Crippen molar-refractivity contribution in [1.82, 2.24) is 9.55 Å². The van der Waals surface area contributed by atoms with E-state index in [9.17, 15) is 14.7 Å². The molecule has 2 N–H and O–H groups in total. The van der Waals surface area contributed by atoms with E-state index in [1.807, 2.05) is 30.3 Å². The van der Waals surface area contributed by atoms with Gasteiger partial charge in [0.1, 0.15) is 6.04 Å². The summed E-state index contributed by atoms with van der Waals surface area (Å²) in [6, 6.07) is 8.65. The first-order valence-corrected chi connectivity index (χ1v) is 7.27.